The quantitative estimate of drug-likeness (QED) is 0.0371. The Morgan fingerprint density at radius 3 is 1.09 bits per heavy atom. The van der Waals surface area contributed by atoms with Gasteiger partial charge >= 0.3 is 47.8 Å². The number of unbranched alkanes of at least 4 members (excludes halogenated alkanes) is 6. The summed E-state index contributed by atoms with van der Waals surface area (Å²) in [6.07, 6.45) is -0.0169. The normalized spacial score (nSPS) is 24.3. The average molecular weight is 1310 g/mol. The van der Waals surface area contributed by atoms with Gasteiger partial charge in [-0.05, 0) is 129 Å². The summed E-state index contributed by atoms with van der Waals surface area (Å²) in [5, 5.41) is 0. The molecule has 0 radical (unpaired) electrons. The molecule has 2 aliphatic heterocycles. The number of ether oxygens (including phenoxy) is 10. The Labute approximate surface area is 474 Å². The van der Waals surface area contributed by atoms with Gasteiger partial charge in [0.2, 0.25) is 0 Å². The monoisotopic (exact) mass is 1310 g/mol. The fourth-order valence-electron chi connectivity index (χ4n) is 9.91. The van der Waals surface area contributed by atoms with E-state index in [2.05, 4.69) is 81.6 Å². The molecular formula is C53H68I2O18S2. The first-order valence-electron chi connectivity index (χ1n) is 25.0. The maximum Gasteiger partial charge on any atom is 0.303 e. The van der Waals surface area contributed by atoms with Crippen LogP contribution < -0.4 is 0 Å². The molecule has 0 amide bonds. The fourth-order valence-corrected chi connectivity index (χ4v) is 13.3. The van der Waals surface area contributed by atoms with Crippen molar-refractivity contribution < 1.29 is 85.7 Å². The number of benzene rings is 2. The molecule has 0 aromatic heterocycles. The summed E-state index contributed by atoms with van der Waals surface area (Å²) in [7, 11) is 0. The van der Waals surface area contributed by atoms with Crippen LogP contribution in [0.1, 0.15) is 131 Å². The van der Waals surface area contributed by atoms with E-state index in [4.69, 9.17) is 47.4 Å². The Morgan fingerprint density at radius 2 is 0.760 bits per heavy atom. The van der Waals surface area contributed by atoms with Gasteiger partial charge in [0, 0.05) is 67.9 Å². The molecule has 0 unspecified atom stereocenters. The summed E-state index contributed by atoms with van der Waals surface area (Å²) >= 11 is 7.56. The van der Waals surface area contributed by atoms with Crippen molar-refractivity contribution in [1.29, 1.82) is 0 Å². The average Bonchev–Trinajstić information content (AvgIpc) is 3.56. The lowest BCUT2D eigenvalue weighted by Crippen LogP contribution is -2.61. The van der Waals surface area contributed by atoms with E-state index < -0.39 is 107 Å². The molecule has 75 heavy (non-hydrogen) atoms. The summed E-state index contributed by atoms with van der Waals surface area (Å²) in [6.45, 7) is 9.16. The van der Waals surface area contributed by atoms with Gasteiger partial charge in [-0.2, -0.15) is 0 Å². The number of thioether (sulfide) groups is 2. The molecule has 414 valence electrons. The first-order valence-corrected chi connectivity index (χ1v) is 29.3. The minimum atomic E-state index is -1.21. The lowest BCUT2D eigenvalue weighted by atomic mass is 9.70. The topological polar surface area (TPSA) is 229 Å². The Hall–Kier alpha value is -3.72. The van der Waals surface area contributed by atoms with Crippen LogP contribution in [-0.2, 0) is 91.1 Å². The largest absolute Gasteiger partial charge is 0.463 e. The highest BCUT2D eigenvalue weighted by Gasteiger charge is 2.54. The SMILES string of the molecule is CC(=O)OC[C@H]1O[C@@H](SCCCCCCC2(CCCCCCS[C@@H]3O[C@H](COC(C)=O)[C@@H](OC(C)=O)[C@H](OC(C)=O)[C@H]3OC(C)=O)c3cc(I)ccc3-c3ccc(I)cc32)[C@H](OC(C)=O)[C@@H](OC(C)=O)[C@@H]1OC(C)=O. The lowest BCUT2D eigenvalue weighted by molar-refractivity contribution is -0.237. The number of carbonyl (C=O) groups excluding carboxylic acids is 8. The standard InChI is InChI=1S/C53H68I2O18S2/c1-29(56)64-27-43-45(66-31(3)58)47(68-33(5)60)49(70-35(7)62)51(72-43)74-23-15-11-9-13-21-53(41-25-37(54)17-19-39(41)40-20-18-38(55)26-42(40)53)22-14-10-12-16-24-75-52-50(71-36(8)63)48(69-34(6)61)46(67-32(4)59)44(73-52)28-65-30(2)57/h17-20,25-26,43-52H,9-16,21-24,27-28H2,1-8H3/t43-,44-,45-,46-,47+,48+,49-,50-,51+,52+/m1/s1. The fraction of sp³-hybridized carbons (Fsp3) is 0.623. The van der Waals surface area contributed by atoms with Crippen molar-refractivity contribution in [2.24, 2.45) is 0 Å². The smallest absolute Gasteiger partial charge is 0.303 e. The number of carbonyl (C=O) groups is 8. The molecule has 2 heterocycles. The number of hydrogen-bond acceptors (Lipinski definition) is 20. The number of hydrogen-bond donors (Lipinski definition) is 0. The Bertz CT molecular complexity index is 2190. The summed E-state index contributed by atoms with van der Waals surface area (Å²) in [5.74, 6) is -3.94. The van der Waals surface area contributed by atoms with Crippen LogP contribution in [0.25, 0.3) is 11.1 Å². The molecule has 3 aliphatic rings. The summed E-state index contributed by atoms with van der Waals surface area (Å²) < 4.78 is 59.0. The van der Waals surface area contributed by atoms with E-state index in [1.54, 1.807) is 0 Å². The van der Waals surface area contributed by atoms with Crippen LogP contribution in [0.5, 0.6) is 0 Å². The molecule has 2 fully saturated rings. The third-order valence-electron chi connectivity index (χ3n) is 12.7. The minimum absolute atomic E-state index is 0.223. The first kappa shape index (κ1) is 62.1. The molecule has 2 saturated heterocycles. The predicted octanol–water partition coefficient (Wildman–Crippen LogP) is 8.70. The van der Waals surface area contributed by atoms with Gasteiger partial charge in [-0.1, -0.05) is 50.7 Å². The van der Waals surface area contributed by atoms with E-state index in [1.807, 2.05) is 0 Å². The van der Waals surface area contributed by atoms with Crippen molar-refractivity contribution in [2.45, 2.75) is 185 Å². The van der Waals surface area contributed by atoms with E-state index in [1.165, 1.54) is 101 Å². The summed E-state index contributed by atoms with van der Waals surface area (Å²) in [5.41, 5.74) is 3.31. The summed E-state index contributed by atoms with van der Waals surface area (Å²) in [6, 6.07) is 13.4. The van der Waals surface area contributed by atoms with Crippen LogP contribution in [0.2, 0.25) is 0 Å². The Balaban J connectivity index is 1.24. The van der Waals surface area contributed by atoms with Crippen molar-refractivity contribution in [3.05, 3.63) is 54.7 Å². The molecule has 0 saturated carbocycles. The van der Waals surface area contributed by atoms with E-state index in [0.29, 0.717) is 11.5 Å². The van der Waals surface area contributed by atoms with Crippen molar-refractivity contribution in [3.8, 4) is 11.1 Å². The highest BCUT2D eigenvalue weighted by molar-refractivity contribution is 14.1. The van der Waals surface area contributed by atoms with Crippen LogP contribution in [-0.4, -0.2) is 132 Å². The number of esters is 8. The molecular weight excluding hydrogens is 1240 g/mol. The van der Waals surface area contributed by atoms with Gasteiger partial charge in [0.1, 0.15) is 36.3 Å². The number of halogens is 2. The minimum Gasteiger partial charge on any atom is -0.463 e. The van der Waals surface area contributed by atoms with Crippen LogP contribution in [0.15, 0.2) is 36.4 Å². The van der Waals surface area contributed by atoms with E-state index in [9.17, 15) is 38.4 Å². The molecule has 2 aromatic rings. The van der Waals surface area contributed by atoms with Gasteiger partial charge < -0.3 is 47.4 Å². The van der Waals surface area contributed by atoms with Crippen LogP contribution >= 0.6 is 68.7 Å². The van der Waals surface area contributed by atoms with Crippen LogP contribution in [0, 0.1) is 7.14 Å². The maximum atomic E-state index is 12.4. The van der Waals surface area contributed by atoms with E-state index in [0.717, 1.165) is 71.3 Å². The highest BCUT2D eigenvalue weighted by Crippen LogP contribution is 2.55. The molecule has 1 aliphatic carbocycles. The van der Waals surface area contributed by atoms with Gasteiger partial charge in [-0.25, -0.2) is 0 Å². The molecule has 2 aromatic carbocycles. The Morgan fingerprint density at radius 1 is 0.440 bits per heavy atom. The van der Waals surface area contributed by atoms with Gasteiger partial charge in [-0.3, -0.25) is 38.4 Å². The maximum absolute atomic E-state index is 12.4. The zero-order valence-corrected chi connectivity index (χ0v) is 49.5. The second-order valence-electron chi connectivity index (χ2n) is 18.7. The van der Waals surface area contributed by atoms with E-state index in [-0.39, 0.29) is 18.6 Å². The molecule has 22 heteroatoms. The van der Waals surface area contributed by atoms with Gasteiger partial charge in [-0.15, -0.1) is 23.5 Å². The van der Waals surface area contributed by atoms with Crippen molar-refractivity contribution in [2.75, 3.05) is 24.7 Å². The predicted molar refractivity (Wildman–Crippen MR) is 293 cm³/mol. The van der Waals surface area contributed by atoms with Crippen LogP contribution in [0.3, 0.4) is 0 Å². The van der Waals surface area contributed by atoms with Gasteiger partial charge in [0.25, 0.3) is 0 Å². The second-order valence-corrected chi connectivity index (χ2v) is 23.6. The lowest BCUT2D eigenvalue weighted by Gasteiger charge is -2.44. The van der Waals surface area contributed by atoms with Gasteiger partial charge in [0.05, 0.1) is 0 Å². The highest BCUT2D eigenvalue weighted by atomic mass is 127. The van der Waals surface area contributed by atoms with Crippen molar-refractivity contribution in [1.82, 2.24) is 0 Å². The third-order valence-corrected chi connectivity index (χ3v) is 16.5. The van der Waals surface area contributed by atoms with Gasteiger partial charge in [0.15, 0.2) is 36.6 Å². The number of rotatable bonds is 26. The third kappa shape index (κ3) is 18.2. The zero-order chi connectivity index (χ0) is 55.0. The second kappa shape index (κ2) is 29.9. The summed E-state index contributed by atoms with van der Waals surface area (Å²) in [4.78, 5) is 97.3. The van der Waals surface area contributed by atoms with Crippen molar-refractivity contribution >= 4 is 116 Å². The molecule has 10 atom stereocenters. The van der Waals surface area contributed by atoms with E-state index >= 15 is 0 Å². The molecule has 0 bridgehead atoms. The van der Waals surface area contributed by atoms with Crippen LogP contribution in [0.4, 0.5) is 0 Å². The first-order chi connectivity index (χ1) is 35.6. The molecule has 0 N–H and O–H groups in total. The molecule has 5 rings (SSSR count). The van der Waals surface area contributed by atoms with Crippen molar-refractivity contribution in [3.63, 3.8) is 0 Å². The Kier molecular flexibility index (Phi) is 24.7. The number of fused-ring (bicyclic) bond motifs is 3. The molecule has 18 nitrogen and oxygen atoms in total. The zero-order valence-electron chi connectivity index (χ0n) is 43.6. The molecule has 0 spiro atoms.